The molecule has 2 atom stereocenters. The van der Waals surface area contributed by atoms with Gasteiger partial charge >= 0.3 is 6.03 Å². The van der Waals surface area contributed by atoms with E-state index in [4.69, 9.17) is 4.42 Å². The van der Waals surface area contributed by atoms with Crippen LogP contribution >= 0.6 is 0 Å². The molecule has 1 aromatic carbocycles. The zero-order chi connectivity index (χ0) is 19.0. The van der Waals surface area contributed by atoms with Crippen molar-refractivity contribution >= 4 is 17.9 Å². The monoisotopic (exact) mass is 367 g/mol. The van der Waals surface area contributed by atoms with Crippen LogP contribution in [0, 0.1) is 6.92 Å². The fraction of sp³-hybridized carbons (Fsp3) is 0.316. The summed E-state index contributed by atoms with van der Waals surface area (Å²) in [4.78, 5) is 32.6. The van der Waals surface area contributed by atoms with Gasteiger partial charge in [-0.2, -0.15) is 0 Å². The van der Waals surface area contributed by atoms with Gasteiger partial charge in [-0.3, -0.25) is 10.1 Å². The van der Waals surface area contributed by atoms with Crippen molar-refractivity contribution in [3.63, 3.8) is 0 Å². The zero-order valence-corrected chi connectivity index (χ0v) is 15.2. The summed E-state index contributed by atoms with van der Waals surface area (Å²) in [5.74, 6) is 0.967. The Kier molecular flexibility index (Phi) is 4.31. The summed E-state index contributed by atoms with van der Waals surface area (Å²) in [7, 11) is 1.66. The average molecular weight is 367 g/mol. The van der Waals surface area contributed by atoms with Gasteiger partial charge in [-0.05, 0) is 24.6 Å². The van der Waals surface area contributed by atoms with Crippen LogP contribution in [-0.2, 0) is 17.9 Å². The first-order chi connectivity index (χ1) is 13.0. The molecule has 27 heavy (non-hydrogen) atoms. The van der Waals surface area contributed by atoms with Crippen LogP contribution in [-0.4, -0.2) is 47.0 Å². The van der Waals surface area contributed by atoms with E-state index >= 15 is 0 Å². The number of rotatable bonds is 4. The third-order valence-electron chi connectivity index (χ3n) is 4.82. The Hall–Kier alpha value is -3.29. The van der Waals surface area contributed by atoms with Crippen LogP contribution in [0.5, 0.6) is 0 Å². The first-order valence-corrected chi connectivity index (χ1v) is 8.76. The van der Waals surface area contributed by atoms with Crippen LogP contribution in [0.25, 0.3) is 0 Å². The van der Waals surface area contributed by atoms with E-state index in [9.17, 15) is 9.59 Å². The van der Waals surface area contributed by atoms with Crippen LogP contribution in [0.2, 0.25) is 0 Å². The van der Waals surface area contributed by atoms with Crippen LogP contribution < -0.4 is 10.6 Å². The molecule has 2 unspecified atom stereocenters. The average Bonchev–Trinajstić information content (AvgIpc) is 3.26. The van der Waals surface area contributed by atoms with Crippen LogP contribution in [0.3, 0.4) is 0 Å². The van der Waals surface area contributed by atoms with Crippen molar-refractivity contribution in [1.82, 2.24) is 20.4 Å². The second-order valence-corrected chi connectivity index (χ2v) is 6.78. The number of fused-ring (bicyclic) bond motifs is 1. The van der Waals surface area contributed by atoms with Gasteiger partial charge in [0.15, 0.2) is 12.0 Å². The highest BCUT2D eigenvalue weighted by atomic mass is 16.3. The highest BCUT2D eigenvalue weighted by Crippen LogP contribution is 2.23. The maximum Gasteiger partial charge on any atom is 0.325 e. The fourth-order valence-electron chi connectivity index (χ4n) is 3.46. The summed E-state index contributed by atoms with van der Waals surface area (Å²) in [5, 5.41) is 5.64. The van der Waals surface area contributed by atoms with E-state index in [1.165, 1.54) is 4.90 Å². The highest BCUT2D eigenvalue weighted by molar-refractivity contribution is 6.04. The number of aliphatic imine (C=N–C) groups is 1. The van der Waals surface area contributed by atoms with E-state index in [1.807, 2.05) is 42.2 Å². The largest absolute Gasteiger partial charge is 0.467 e. The van der Waals surface area contributed by atoms with E-state index in [2.05, 4.69) is 21.7 Å². The number of likely N-dealkylation sites (N-methyl/N-ethyl adjacent to an activating group) is 1. The summed E-state index contributed by atoms with van der Waals surface area (Å²) in [6.07, 6.45) is 1.13. The minimum atomic E-state index is -0.552. The molecule has 1 aromatic heterocycles. The highest BCUT2D eigenvalue weighted by Gasteiger charge is 2.49. The molecule has 2 saturated heterocycles. The predicted octanol–water partition coefficient (Wildman–Crippen LogP) is 1.43. The van der Waals surface area contributed by atoms with Gasteiger partial charge in [0, 0.05) is 13.6 Å². The van der Waals surface area contributed by atoms with Crippen molar-refractivity contribution < 1.29 is 14.0 Å². The third kappa shape index (κ3) is 3.25. The number of hydrogen-bond acceptors (Lipinski definition) is 4. The fourth-order valence-corrected chi connectivity index (χ4v) is 3.46. The molecular weight excluding hydrogens is 346 g/mol. The molecule has 2 aliphatic rings. The maximum atomic E-state index is 12.6. The number of nitrogens with zero attached hydrogens (tertiary/aromatic N) is 3. The molecule has 8 nitrogen and oxygen atoms in total. The number of urea groups is 1. The molecule has 0 saturated carbocycles. The quantitative estimate of drug-likeness (QED) is 0.853. The molecule has 140 valence electrons. The lowest BCUT2D eigenvalue weighted by Crippen LogP contribution is -2.64. The Morgan fingerprint density at radius 3 is 2.81 bits per heavy atom. The lowest BCUT2D eigenvalue weighted by Gasteiger charge is -2.35. The van der Waals surface area contributed by atoms with Gasteiger partial charge in [-0.25, -0.2) is 9.79 Å². The number of carbonyl (C=O) groups excluding carboxylic acids is 2. The first-order valence-electron chi connectivity index (χ1n) is 8.76. The van der Waals surface area contributed by atoms with E-state index in [0.717, 1.165) is 16.9 Å². The Labute approximate surface area is 156 Å². The van der Waals surface area contributed by atoms with Crippen LogP contribution in [0.15, 0.2) is 52.1 Å². The minimum absolute atomic E-state index is 0.327. The lowest BCUT2D eigenvalue weighted by atomic mass is 10.1. The molecule has 2 fully saturated rings. The van der Waals surface area contributed by atoms with Gasteiger partial charge in [-0.1, -0.05) is 29.8 Å². The molecular formula is C19H21N5O3. The van der Waals surface area contributed by atoms with Crippen LogP contribution in [0.4, 0.5) is 4.79 Å². The van der Waals surface area contributed by atoms with Gasteiger partial charge in [0.25, 0.3) is 5.91 Å². The standard InChI is InChI=1S/C19H21N5O3/c1-12-5-3-6-13(9-12)11-24-15-16(23(2)19(26)22-17(15)25)21-18(24)20-10-14-7-4-8-27-14/h3-9,15-16H,10-11H2,1-2H3,(H,20,21)(H,22,25,26). The first kappa shape index (κ1) is 17.1. The number of aryl methyl sites for hydroxylation is 1. The summed E-state index contributed by atoms with van der Waals surface area (Å²) >= 11 is 0. The molecule has 0 spiro atoms. The number of nitrogens with one attached hydrogen (secondary N) is 2. The van der Waals surface area contributed by atoms with Crippen molar-refractivity contribution in [2.75, 3.05) is 7.05 Å². The molecule has 0 aliphatic carbocycles. The number of carbonyl (C=O) groups is 2. The van der Waals surface area contributed by atoms with E-state index in [-0.39, 0.29) is 5.91 Å². The normalized spacial score (nSPS) is 23.4. The molecule has 0 bridgehead atoms. The van der Waals surface area contributed by atoms with E-state index in [0.29, 0.717) is 19.0 Å². The van der Waals surface area contributed by atoms with Crippen molar-refractivity contribution in [3.8, 4) is 0 Å². The molecule has 3 heterocycles. The second-order valence-electron chi connectivity index (χ2n) is 6.78. The minimum Gasteiger partial charge on any atom is -0.467 e. The molecule has 2 aromatic rings. The number of imide groups is 1. The Balaban J connectivity index is 1.66. The SMILES string of the molecule is Cc1cccc(CN2C(=NCc3ccco3)NC3C2C(=O)NC(=O)N3C)c1. The Morgan fingerprint density at radius 1 is 1.22 bits per heavy atom. The smallest absolute Gasteiger partial charge is 0.325 e. The van der Waals surface area contributed by atoms with Crippen molar-refractivity contribution in [2.45, 2.75) is 32.2 Å². The summed E-state index contributed by atoms with van der Waals surface area (Å²) in [5.41, 5.74) is 2.21. The van der Waals surface area contributed by atoms with E-state index in [1.54, 1.807) is 13.3 Å². The van der Waals surface area contributed by atoms with Gasteiger partial charge in [0.1, 0.15) is 18.5 Å². The predicted molar refractivity (Wildman–Crippen MR) is 98.6 cm³/mol. The Morgan fingerprint density at radius 2 is 2.07 bits per heavy atom. The third-order valence-corrected chi connectivity index (χ3v) is 4.82. The Bertz CT molecular complexity index is 893. The maximum absolute atomic E-state index is 12.6. The van der Waals surface area contributed by atoms with Crippen LogP contribution in [0.1, 0.15) is 16.9 Å². The summed E-state index contributed by atoms with van der Waals surface area (Å²) in [6, 6.07) is 10.8. The number of benzene rings is 1. The van der Waals surface area contributed by atoms with E-state index < -0.39 is 18.2 Å². The summed E-state index contributed by atoms with van der Waals surface area (Å²) in [6.45, 7) is 2.88. The van der Waals surface area contributed by atoms with Gasteiger partial charge < -0.3 is 19.5 Å². The molecule has 2 N–H and O–H groups in total. The molecule has 3 amide bonds. The molecule has 2 aliphatic heterocycles. The van der Waals surface area contributed by atoms with Gasteiger partial charge in [0.05, 0.1) is 6.26 Å². The molecule has 8 heteroatoms. The topological polar surface area (TPSA) is 90.2 Å². The van der Waals surface area contributed by atoms with Gasteiger partial charge in [0.2, 0.25) is 0 Å². The second kappa shape index (κ2) is 6.79. The van der Waals surface area contributed by atoms with Gasteiger partial charge in [-0.15, -0.1) is 0 Å². The number of hydrogen-bond donors (Lipinski definition) is 2. The lowest BCUT2D eigenvalue weighted by molar-refractivity contribution is -0.127. The van der Waals surface area contributed by atoms with Crippen molar-refractivity contribution in [1.29, 1.82) is 0 Å². The van der Waals surface area contributed by atoms with Crippen molar-refractivity contribution in [3.05, 3.63) is 59.5 Å². The molecule has 0 radical (unpaired) electrons. The number of guanidine groups is 1. The number of amides is 3. The molecule has 4 rings (SSSR count). The summed E-state index contributed by atoms with van der Waals surface area (Å²) < 4.78 is 5.34. The zero-order valence-electron chi connectivity index (χ0n) is 15.2. The van der Waals surface area contributed by atoms with Crippen molar-refractivity contribution in [2.24, 2.45) is 4.99 Å². The number of furan rings is 1.